The third kappa shape index (κ3) is 3.92. The van der Waals surface area contributed by atoms with Crippen LogP contribution in [-0.2, 0) is 0 Å². The average Bonchev–Trinajstić information content (AvgIpc) is 3.09. The molecule has 0 saturated heterocycles. The van der Waals surface area contributed by atoms with Gasteiger partial charge in [-0.05, 0) is 62.6 Å². The number of hydrogen-bond acceptors (Lipinski definition) is 2. The smallest absolute Gasteiger partial charge is 0.270 e. The topological polar surface area (TPSA) is 46.9 Å². The highest BCUT2D eigenvalue weighted by Gasteiger charge is 2.21. The second kappa shape index (κ2) is 7.74. The van der Waals surface area contributed by atoms with E-state index in [1.54, 1.807) is 28.9 Å². The Labute approximate surface area is 159 Å². The van der Waals surface area contributed by atoms with Crippen molar-refractivity contribution in [2.45, 2.75) is 40.2 Å². The summed E-state index contributed by atoms with van der Waals surface area (Å²) < 4.78 is 15.9. The monoisotopic (exact) mass is 365 g/mol. The SMILES string of the molecule is CC[C@H](C)NC(=O)c1cc(-c2ccccc2F)nn1-c1cc(C)ccc1C. The molecule has 1 N–H and O–H groups in total. The number of rotatable bonds is 5. The molecule has 2 aromatic carbocycles. The summed E-state index contributed by atoms with van der Waals surface area (Å²) in [5, 5.41) is 7.56. The Morgan fingerprint density at radius 1 is 1.19 bits per heavy atom. The van der Waals surface area contributed by atoms with Crippen LogP contribution in [0.15, 0.2) is 48.5 Å². The van der Waals surface area contributed by atoms with E-state index < -0.39 is 0 Å². The summed E-state index contributed by atoms with van der Waals surface area (Å²) in [6, 6.07) is 14.1. The fourth-order valence-corrected chi connectivity index (χ4v) is 2.87. The largest absolute Gasteiger partial charge is 0.348 e. The molecule has 0 radical (unpaired) electrons. The molecule has 3 aromatic rings. The molecule has 5 heteroatoms. The lowest BCUT2D eigenvalue weighted by molar-refractivity contribution is 0.0931. The first kappa shape index (κ1) is 18.8. The van der Waals surface area contributed by atoms with E-state index in [0.717, 1.165) is 23.2 Å². The second-order valence-corrected chi connectivity index (χ2v) is 6.88. The van der Waals surface area contributed by atoms with Crippen LogP contribution in [-0.4, -0.2) is 21.7 Å². The first-order chi connectivity index (χ1) is 12.9. The van der Waals surface area contributed by atoms with Gasteiger partial charge in [0.15, 0.2) is 0 Å². The van der Waals surface area contributed by atoms with Crippen LogP contribution in [0.5, 0.6) is 0 Å². The van der Waals surface area contributed by atoms with Gasteiger partial charge < -0.3 is 5.32 Å². The van der Waals surface area contributed by atoms with Gasteiger partial charge in [0.2, 0.25) is 0 Å². The van der Waals surface area contributed by atoms with E-state index in [4.69, 9.17) is 0 Å². The van der Waals surface area contributed by atoms with Crippen LogP contribution in [0, 0.1) is 19.7 Å². The number of aryl methyl sites for hydroxylation is 2. The minimum Gasteiger partial charge on any atom is -0.348 e. The molecular formula is C22H24FN3O. The molecule has 1 amide bonds. The van der Waals surface area contributed by atoms with Crippen LogP contribution in [0.3, 0.4) is 0 Å². The van der Waals surface area contributed by atoms with Crippen molar-refractivity contribution in [2.24, 2.45) is 0 Å². The molecule has 140 valence electrons. The molecule has 0 aliphatic heterocycles. The first-order valence-electron chi connectivity index (χ1n) is 9.14. The highest BCUT2D eigenvalue weighted by Crippen LogP contribution is 2.26. The summed E-state index contributed by atoms with van der Waals surface area (Å²) in [5.74, 6) is -0.586. The number of hydrogen-bond donors (Lipinski definition) is 1. The van der Waals surface area contributed by atoms with Crippen LogP contribution in [0.1, 0.15) is 41.9 Å². The Balaban J connectivity index is 2.17. The Morgan fingerprint density at radius 3 is 2.63 bits per heavy atom. The molecule has 0 saturated carbocycles. The Hall–Kier alpha value is -2.95. The van der Waals surface area contributed by atoms with Gasteiger partial charge in [0.05, 0.1) is 11.4 Å². The van der Waals surface area contributed by atoms with Crippen LogP contribution >= 0.6 is 0 Å². The molecule has 0 aliphatic carbocycles. The van der Waals surface area contributed by atoms with E-state index in [0.29, 0.717) is 17.0 Å². The van der Waals surface area contributed by atoms with Gasteiger partial charge in [0, 0.05) is 11.6 Å². The number of nitrogens with zero attached hydrogens (tertiary/aromatic N) is 2. The lowest BCUT2D eigenvalue weighted by Crippen LogP contribution is -2.33. The van der Waals surface area contributed by atoms with Gasteiger partial charge in [0.25, 0.3) is 5.91 Å². The van der Waals surface area contributed by atoms with Crippen molar-refractivity contribution < 1.29 is 9.18 Å². The van der Waals surface area contributed by atoms with Gasteiger partial charge >= 0.3 is 0 Å². The molecule has 4 nitrogen and oxygen atoms in total. The predicted octanol–water partition coefficient (Wildman–Crippen LogP) is 4.82. The third-order valence-electron chi connectivity index (χ3n) is 4.67. The maximum atomic E-state index is 14.3. The summed E-state index contributed by atoms with van der Waals surface area (Å²) in [4.78, 5) is 12.9. The van der Waals surface area contributed by atoms with Crippen molar-refractivity contribution in [2.75, 3.05) is 0 Å². The molecule has 27 heavy (non-hydrogen) atoms. The van der Waals surface area contributed by atoms with Crippen molar-refractivity contribution in [3.05, 3.63) is 71.2 Å². The fourth-order valence-electron chi connectivity index (χ4n) is 2.87. The molecule has 0 aliphatic rings. The molecule has 1 aromatic heterocycles. The number of benzene rings is 2. The standard InChI is InChI=1S/C22H24FN3O/c1-5-16(4)24-22(27)21-13-19(17-8-6-7-9-18(17)23)25-26(21)20-12-14(2)10-11-15(20)3/h6-13,16H,5H2,1-4H3,(H,24,27)/t16-/m0/s1. The predicted molar refractivity (Wildman–Crippen MR) is 106 cm³/mol. The highest BCUT2D eigenvalue weighted by molar-refractivity contribution is 5.94. The molecule has 1 atom stereocenters. The van der Waals surface area contributed by atoms with Crippen LogP contribution in [0.4, 0.5) is 4.39 Å². The van der Waals surface area contributed by atoms with Crippen LogP contribution < -0.4 is 5.32 Å². The summed E-state index contributed by atoms with van der Waals surface area (Å²) >= 11 is 0. The number of carbonyl (C=O) groups is 1. The van der Waals surface area contributed by atoms with Gasteiger partial charge in [-0.25, -0.2) is 9.07 Å². The van der Waals surface area contributed by atoms with Crippen molar-refractivity contribution >= 4 is 5.91 Å². The third-order valence-corrected chi connectivity index (χ3v) is 4.67. The Kier molecular flexibility index (Phi) is 5.40. The molecule has 0 fully saturated rings. The number of carbonyl (C=O) groups excluding carboxylic acids is 1. The quantitative estimate of drug-likeness (QED) is 0.704. The van der Waals surface area contributed by atoms with E-state index in [-0.39, 0.29) is 17.8 Å². The van der Waals surface area contributed by atoms with Crippen molar-refractivity contribution in [1.29, 1.82) is 0 Å². The number of halogens is 1. The number of nitrogens with one attached hydrogen (secondary N) is 1. The Bertz CT molecular complexity index is 977. The normalized spacial score (nSPS) is 12.0. The molecule has 3 rings (SSSR count). The molecule has 0 bridgehead atoms. The fraction of sp³-hybridized carbons (Fsp3) is 0.273. The average molecular weight is 365 g/mol. The highest BCUT2D eigenvalue weighted by atomic mass is 19.1. The zero-order valence-corrected chi connectivity index (χ0v) is 16.1. The van der Waals surface area contributed by atoms with Crippen molar-refractivity contribution in [3.8, 4) is 16.9 Å². The number of amides is 1. The van der Waals surface area contributed by atoms with Gasteiger partial charge in [-0.2, -0.15) is 5.10 Å². The summed E-state index contributed by atoms with van der Waals surface area (Å²) in [6.45, 7) is 7.92. The maximum Gasteiger partial charge on any atom is 0.270 e. The van der Waals surface area contributed by atoms with Crippen LogP contribution in [0.25, 0.3) is 16.9 Å². The van der Waals surface area contributed by atoms with E-state index in [1.807, 2.05) is 45.9 Å². The summed E-state index contributed by atoms with van der Waals surface area (Å²) in [6.07, 6.45) is 0.823. The van der Waals surface area contributed by atoms with Crippen LogP contribution in [0.2, 0.25) is 0 Å². The van der Waals surface area contributed by atoms with Gasteiger partial charge in [-0.15, -0.1) is 0 Å². The molecule has 1 heterocycles. The Morgan fingerprint density at radius 2 is 1.93 bits per heavy atom. The van der Waals surface area contributed by atoms with Gasteiger partial charge in [0.1, 0.15) is 11.5 Å². The number of aromatic nitrogens is 2. The lowest BCUT2D eigenvalue weighted by Gasteiger charge is -2.14. The van der Waals surface area contributed by atoms with E-state index in [1.165, 1.54) is 6.07 Å². The molecule has 0 spiro atoms. The van der Waals surface area contributed by atoms with Crippen molar-refractivity contribution in [3.63, 3.8) is 0 Å². The lowest BCUT2D eigenvalue weighted by atomic mass is 10.1. The zero-order valence-electron chi connectivity index (χ0n) is 16.1. The van der Waals surface area contributed by atoms with E-state index in [2.05, 4.69) is 10.4 Å². The minimum atomic E-state index is -0.364. The van der Waals surface area contributed by atoms with Gasteiger partial charge in [-0.3, -0.25) is 4.79 Å². The summed E-state index contributed by atoms with van der Waals surface area (Å²) in [7, 11) is 0. The summed E-state index contributed by atoms with van der Waals surface area (Å²) in [5.41, 5.74) is 4.06. The van der Waals surface area contributed by atoms with E-state index in [9.17, 15) is 9.18 Å². The molecule has 0 unspecified atom stereocenters. The molecular weight excluding hydrogens is 341 g/mol. The maximum absolute atomic E-state index is 14.3. The van der Waals surface area contributed by atoms with E-state index >= 15 is 0 Å². The van der Waals surface area contributed by atoms with Crippen molar-refractivity contribution in [1.82, 2.24) is 15.1 Å². The van der Waals surface area contributed by atoms with Gasteiger partial charge in [-0.1, -0.05) is 31.2 Å². The minimum absolute atomic E-state index is 0.0383. The second-order valence-electron chi connectivity index (χ2n) is 6.88. The first-order valence-corrected chi connectivity index (χ1v) is 9.14. The zero-order chi connectivity index (χ0) is 19.6.